The van der Waals surface area contributed by atoms with Crippen LogP contribution in [0.5, 0.6) is 5.75 Å². The molecule has 406 valence electrons. The Morgan fingerprint density at radius 2 is 1.42 bits per heavy atom. The van der Waals surface area contributed by atoms with Crippen molar-refractivity contribution in [2.75, 3.05) is 27.6 Å². The molecule has 2 fully saturated rings. The minimum Gasteiger partial charge on any atom is -0.519 e. The van der Waals surface area contributed by atoms with Crippen LogP contribution < -0.4 is 4.74 Å². The molecule has 0 unspecified atom stereocenters. The van der Waals surface area contributed by atoms with Gasteiger partial charge in [-0.2, -0.15) is 0 Å². The van der Waals surface area contributed by atoms with Crippen molar-refractivity contribution in [1.82, 2.24) is 0 Å². The van der Waals surface area contributed by atoms with E-state index in [4.69, 9.17) is 51.2 Å². The highest BCUT2D eigenvalue weighted by Crippen LogP contribution is 2.43. The first kappa shape index (κ1) is 61.4. The third-order valence-corrected chi connectivity index (χ3v) is 29.3. The van der Waals surface area contributed by atoms with E-state index in [0.717, 1.165) is 11.3 Å². The summed E-state index contributed by atoms with van der Waals surface area (Å²) in [6, 6.07) is 7.91. The number of allylic oxidation sites excluding steroid dienone is 3. The Morgan fingerprint density at radius 3 is 2.01 bits per heavy atom. The van der Waals surface area contributed by atoms with E-state index in [1.807, 2.05) is 50.3 Å². The molecule has 0 aromatic heterocycles. The lowest BCUT2D eigenvalue weighted by Gasteiger charge is -2.45. The standard InChI is InChI=1S/C56H98O12Si3/c1-39(48-35-45(64-56(12,13)65-48)34-46(66-69(16,17)53(3,4)5)33-44-23-22-24-49(63-44)67-70(18,19)54(6,7)8)25-28-42(57)29-32-47(59-15)51-52(62-38-61-51)50(68-71(20,21)55(9,10)11)40(2)36-60-37-41-26-30-43(58-14)31-27-41/h22-28,30-31,39-40,44-48,50-52H,29,32-38H2,1-21H3/b28-25-/t39-,40-,44+,45-,46-,47-,48+,50-,51-,52-/m0/s1. The van der Waals surface area contributed by atoms with Crippen LogP contribution >= 0.6 is 0 Å². The summed E-state index contributed by atoms with van der Waals surface area (Å²) in [4.78, 5) is 13.7. The number of rotatable bonds is 25. The highest BCUT2D eigenvalue weighted by Gasteiger charge is 2.49. The van der Waals surface area contributed by atoms with Crippen molar-refractivity contribution in [2.24, 2.45) is 11.8 Å². The summed E-state index contributed by atoms with van der Waals surface area (Å²) < 4.78 is 71.1. The minimum absolute atomic E-state index is 0.0148. The molecule has 0 saturated carbocycles. The largest absolute Gasteiger partial charge is 0.519 e. The summed E-state index contributed by atoms with van der Waals surface area (Å²) in [6.45, 7) is 43.1. The Bertz CT molecular complexity index is 1910. The molecule has 3 aliphatic rings. The highest BCUT2D eigenvalue weighted by molar-refractivity contribution is 6.75. The van der Waals surface area contributed by atoms with Gasteiger partial charge in [0, 0.05) is 44.3 Å². The lowest BCUT2D eigenvalue weighted by molar-refractivity contribution is -0.307. The smallest absolute Gasteiger partial charge is 0.265 e. The van der Waals surface area contributed by atoms with Gasteiger partial charge in [-0.25, -0.2) is 0 Å². The summed E-state index contributed by atoms with van der Waals surface area (Å²) in [7, 11) is -3.21. The van der Waals surface area contributed by atoms with E-state index < -0.39 is 42.9 Å². The Morgan fingerprint density at radius 1 is 0.817 bits per heavy atom. The van der Waals surface area contributed by atoms with Gasteiger partial charge in [-0.15, -0.1) is 0 Å². The molecule has 12 nitrogen and oxygen atoms in total. The zero-order valence-electron chi connectivity index (χ0n) is 48.0. The van der Waals surface area contributed by atoms with Crippen molar-refractivity contribution < 1.29 is 56.0 Å². The predicted molar refractivity (Wildman–Crippen MR) is 292 cm³/mol. The molecule has 0 aliphatic carbocycles. The lowest BCUT2D eigenvalue weighted by Crippen LogP contribution is -2.54. The third-order valence-electron chi connectivity index (χ3n) is 15.9. The van der Waals surface area contributed by atoms with Gasteiger partial charge in [0.1, 0.15) is 30.9 Å². The molecule has 0 amide bonds. The van der Waals surface area contributed by atoms with Gasteiger partial charge < -0.3 is 51.2 Å². The number of carbonyl (C=O) groups is 1. The van der Waals surface area contributed by atoms with Crippen molar-refractivity contribution in [3.63, 3.8) is 0 Å². The molecule has 10 atom stereocenters. The van der Waals surface area contributed by atoms with E-state index >= 15 is 0 Å². The second-order valence-electron chi connectivity index (χ2n) is 25.5. The maximum atomic E-state index is 13.7. The number of benzene rings is 1. The average molecular weight is 1050 g/mol. The van der Waals surface area contributed by atoms with E-state index in [2.05, 4.69) is 128 Å². The van der Waals surface area contributed by atoms with Crippen molar-refractivity contribution in [2.45, 2.75) is 238 Å². The molecule has 0 radical (unpaired) electrons. The Labute approximate surface area is 434 Å². The van der Waals surface area contributed by atoms with Crippen molar-refractivity contribution in [3.05, 3.63) is 66.2 Å². The Kier molecular flexibility index (Phi) is 21.7. The van der Waals surface area contributed by atoms with E-state index in [1.165, 1.54) is 0 Å². The van der Waals surface area contributed by atoms with Gasteiger partial charge in [-0.05, 0) is 111 Å². The van der Waals surface area contributed by atoms with Gasteiger partial charge in [0.25, 0.3) is 14.3 Å². The fraction of sp³-hybridized carbons (Fsp3) is 0.768. The van der Waals surface area contributed by atoms with E-state index in [-0.39, 0.29) is 82.6 Å². The van der Waals surface area contributed by atoms with Gasteiger partial charge >= 0.3 is 0 Å². The molecule has 15 heteroatoms. The molecule has 1 aromatic rings. The summed E-state index contributed by atoms with van der Waals surface area (Å²) in [5.41, 5.74) is 1.06. The van der Waals surface area contributed by atoms with Crippen LogP contribution in [0.4, 0.5) is 0 Å². The monoisotopic (exact) mass is 1050 g/mol. The van der Waals surface area contributed by atoms with E-state index in [0.29, 0.717) is 44.8 Å². The maximum absolute atomic E-state index is 13.7. The highest BCUT2D eigenvalue weighted by atomic mass is 28.4. The van der Waals surface area contributed by atoms with Crippen LogP contribution in [0, 0.1) is 11.8 Å². The van der Waals surface area contributed by atoms with Crippen LogP contribution in [0.3, 0.4) is 0 Å². The number of carbonyl (C=O) groups excluding carboxylic acids is 1. The molecular weight excluding hydrogens is 949 g/mol. The average Bonchev–Trinajstić information content (AvgIpc) is 3.72. The lowest BCUT2D eigenvalue weighted by atomic mass is 9.91. The van der Waals surface area contributed by atoms with Crippen molar-refractivity contribution in [1.29, 1.82) is 0 Å². The molecule has 3 heterocycles. The number of ketones is 1. The van der Waals surface area contributed by atoms with Gasteiger partial charge in [0.05, 0.1) is 50.8 Å². The van der Waals surface area contributed by atoms with Crippen LogP contribution in [0.15, 0.2) is 60.6 Å². The third kappa shape index (κ3) is 18.0. The first-order valence-corrected chi connectivity index (χ1v) is 35.0. The first-order valence-electron chi connectivity index (χ1n) is 26.3. The Balaban J connectivity index is 1.42. The molecule has 4 rings (SSSR count). The topological polar surface area (TPSA) is 119 Å². The molecular formula is C56H98O12Si3. The first-order chi connectivity index (χ1) is 32.7. The summed E-state index contributed by atoms with van der Waals surface area (Å²) in [5, 5.41) is 0.0380. The predicted octanol–water partition coefficient (Wildman–Crippen LogP) is 13.4. The van der Waals surface area contributed by atoms with E-state index in [1.54, 1.807) is 20.3 Å². The molecule has 1 aromatic carbocycles. The molecule has 0 bridgehead atoms. The van der Waals surface area contributed by atoms with Crippen LogP contribution in [0.1, 0.15) is 128 Å². The van der Waals surface area contributed by atoms with Gasteiger partial charge in [0.2, 0.25) is 0 Å². The number of methoxy groups -OCH3 is 2. The number of hydrogen-bond acceptors (Lipinski definition) is 12. The molecule has 2 saturated heterocycles. The normalized spacial score (nSPS) is 24.7. The van der Waals surface area contributed by atoms with Crippen LogP contribution in [0.2, 0.25) is 54.4 Å². The van der Waals surface area contributed by atoms with Crippen molar-refractivity contribution in [3.8, 4) is 5.75 Å². The minimum atomic E-state index is -2.27. The van der Waals surface area contributed by atoms with Gasteiger partial charge in [0.15, 0.2) is 28.2 Å². The summed E-state index contributed by atoms with van der Waals surface area (Å²) in [6.07, 6.45) is 10.4. The number of ether oxygens (including phenoxy) is 8. The second-order valence-corrected chi connectivity index (χ2v) is 39.7. The molecule has 3 aliphatic heterocycles. The fourth-order valence-electron chi connectivity index (χ4n) is 8.39. The van der Waals surface area contributed by atoms with Crippen molar-refractivity contribution >= 4 is 30.7 Å². The summed E-state index contributed by atoms with van der Waals surface area (Å²) in [5.74, 6) is 0.516. The number of hydrogen-bond donors (Lipinski definition) is 0. The maximum Gasteiger partial charge on any atom is 0.265 e. The Hall–Kier alpha value is -2.16. The zero-order valence-corrected chi connectivity index (χ0v) is 51.0. The zero-order chi connectivity index (χ0) is 53.4. The van der Waals surface area contributed by atoms with Crippen LogP contribution in [-0.4, -0.2) is 113 Å². The van der Waals surface area contributed by atoms with Gasteiger partial charge in [-0.3, -0.25) is 4.79 Å². The quantitative estimate of drug-likeness (QED) is 0.0685. The van der Waals surface area contributed by atoms with Crippen LogP contribution in [-0.2, 0) is 57.8 Å². The second kappa shape index (κ2) is 25.1. The van der Waals surface area contributed by atoms with E-state index in [9.17, 15) is 4.79 Å². The van der Waals surface area contributed by atoms with Crippen LogP contribution in [0.25, 0.3) is 0 Å². The summed E-state index contributed by atoms with van der Waals surface area (Å²) >= 11 is 0. The molecule has 0 spiro atoms. The molecule has 71 heavy (non-hydrogen) atoms. The molecule has 0 N–H and O–H groups in total. The fourth-order valence-corrected chi connectivity index (χ4v) is 12.1. The SMILES string of the molecule is COc1ccc(COC[C@H](C)[C@H](O[Si](C)(C)C(C)(C)C)[C@@H]2OCO[C@H]2[C@H](CCC(=O)/C=C\[C@H](C)[C@H]2C[C@H](C[C@H](C[C@H]3C=CC=C(O[Si](C)(C)C(C)(C)C)O3)O[Si](C)(C)C(C)(C)C)OC(C)(C)O2)OC)cc1. The van der Waals surface area contributed by atoms with Gasteiger partial charge in [-0.1, -0.05) is 100 Å².